The van der Waals surface area contributed by atoms with Crippen molar-refractivity contribution in [2.75, 3.05) is 17.2 Å². The van der Waals surface area contributed by atoms with E-state index in [1.165, 1.54) is 12.3 Å². The quantitative estimate of drug-likeness (QED) is 0.351. The number of nitrogens with zero attached hydrogens (tertiary/aromatic N) is 4. The monoisotopic (exact) mass is 476 g/mol. The van der Waals surface area contributed by atoms with E-state index < -0.39 is 11.8 Å². The van der Waals surface area contributed by atoms with E-state index in [1.54, 1.807) is 54.5 Å². The minimum absolute atomic E-state index is 0.00553. The number of nitrogens with one attached hydrogen (secondary N) is 2. The summed E-state index contributed by atoms with van der Waals surface area (Å²) >= 11 is 0. The number of aromatic nitrogens is 4. The van der Waals surface area contributed by atoms with Crippen LogP contribution in [0.4, 0.5) is 20.6 Å². The van der Waals surface area contributed by atoms with Gasteiger partial charge in [0, 0.05) is 55.4 Å². The van der Waals surface area contributed by atoms with Crippen molar-refractivity contribution < 1.29 is 19.0 Å². The molecule has 0 fully saturated rings. The van der Waals surface area contributed by atoms with E-state index in [0.717, 1.165) is 11.1 Å². The lowest BCUT2D eigenvalue weighted by molar-refractivity contribution is 0.262. The van der Waals surface area contributed by atoms with Crippen LogP contribution in [-0.4, -0.2) is 37.5 Å². The third-order valence-corrected chi connectivity index (χ3v) is 5.40. The maximum atomic E-state index is 15.0. The molecular formula is C25H25FN6O3. The molecule has 0 bridgehead atoms. The molecule has 2 amide bonds. The Morgan fingerprint density at radius 3 is 2.77 bits per heavy atom. The summed E-state index contributed by atoms with van der Waals surface area (Å²) in [6, 6.07) is 7.53. The molecule has 3 heterocycles. The molecule has 3 aromatic heterocycles. The summed E-state index contributed by atoms with van der Waals surface area (Å²) in [6.07, 6.45) is 8.23. The van der Waals surface area contributed by atoms with Crippen LogP contribution in [-0.2, 0) is 7.05 Å². The third-order valence-electron chi connectivity index (χ3n) is 5.40. The van der Waals surface area contributed by atoms with E-state index in [0.29, 0.717) is 22.9 Å². The van der Waals surface area contributed by atoms with Gasteiger partial charge in [0.15, 0.2) is 5.82 Å². The summed E-state index contributed by atoms with van der Waals surface area (Å²) < 4.78 is 22.6. The van der Waals surface area contributed by atoms with Gasteiger partial charge in [0.25, 0.3) is 0 Å². The lowest BCUT2D eigenvalue weighted by atomic mass is 10.0. The minimum atomic E-state index is -0.622. The molecule has 0 saturated carbocycles. The van der Waals surface area contributed by atoms with Gasteiger partial charge in [0.05, 0.1) is 29.5 Å². The highest BCUT2D eigenvalue weighted by atomic mass is 19.1. The van der Waals surface area contributed by atoms with E-state index >= 15 is 4.39 Å². The fourth-order valence-electron chi connectivity index (χ4n) is 3.37. The van der Waals surface area contributed by atoms with Crippen LogP contribution < -0.4 is 15.4 Å². The van der Waals surface area contributed by atoms with Crippen LogP contribution >= 0.6 is 0 Å². The van der Waals surface area contributed by atoms with Crippen LogP contribution in [0.15, 0.2) is 61.3 Å². The molecule has 0 spiro atoms. The number of halogens is 1. The zero-order chi connectivity index (χ0) is 24.9. The summed E-state index contributed by atoms with van der Waals surface area (Å²) in [6.45, 7) is 3.37. The van der Waals surface area contributed by atoms with Gasteiger partial charge in [-0.15, -0.1) is 0 Å². The normalized spacial score (nSPS) is 11.7. The van der Waals surface area contributed by atoms with E-state index in [2.05, 4.69) is 25.7 Å². The number of benzene rings is 1. The highest BCUT2D eigenvalue weighted by Crippen LogP contribution is 2.32. The first kappa shape index (κ1) is 23.8. The Kier molecular flexibility index (Phi) is 7.02. The SMILES string of the molecule is Cc1c(Oc2ccnc(-c3cnn(C)c3)c2)ccc(NC(=O)Nc2cncc(C(C)CO)c2)c1F. The third kappa shape index (κ3) is 5.61. The Morgan fingerprint density at radius 2 is 2.03 bits per heavy atom. The van der Waals surface area contributed by atoms with Crippen LogP contribution in [0, 0.1) is 12.7 Å². The molecule has 3 N–H and O–H groups in total. The number of ether oxygens (including phenoxy) is 1. The molecule has 180 valence electrons. The largest absolute Gasteiger partial charge is 0.457 e. The Labute approximate surface area is 201 Å². The van der Waals surface area contributed by atoms with Gasteiger partial charge in [-0.25, -0.2) is 9.18 Å². The number of urea groups is 1. The fraction of sp³-hybridized carbons (Fsp3) is 0.200. The average Bonchev–Trinajstić information content (AvgIpc) is 3.30. The summed E-state index contributed by atoms with van der Waals surface area (Å²) in [4.78, 5) is 20.8. The molecule has 0 radical (unpaired) electrons. The second kappa shape index (κ2) is 10.3. The molecule has 0 aliphatic carbocycles. The Morgan fingerprint density at radius 1 is 1.20 bits per heavy atom. The number of carbonyl (C=O) groups is 1. The second-order valence-corrected chi connectivity index (χ2v) is 8.10. The van der Waals surface area contributed by atoms with Crippen LogP contribution in [0.2, 0.25) is 0 Å². The molecule has 10 heteroatoms. The van der Waals surface area contributed by atoms with Crippen LogP contribution in [0.5, 0.6) is 11.5 Å². The first-order valence-electron chi connectivity index (χ1n) is 10.9. The van der Waals surface area contributed by atoms with Gasteiger partial charge in [0.2, 0.25) is 0 Å². The standard InChI is InChI=1S/C25H25FN6O3/c1-15(14-33)17-8-19(12-27-10-17)30-25(34)31-21-4-5-23(16(2)24(21)26)35-20-6-7-28-22(9-20)18-11-29-32(3)13-18/h4-13,15,33H,14H2,1-3H3,(H2,30,31,34). The number of aliphatic hydroxyl groups is 1. The number of anilines is 2. The molecule has 1 unspecified atom stereocenters. The van der Waals surface area contributed by atoms with Gasteiger partial charge in [-0.1, -0.05) is 6.92 Å². The molecular weight excluding hydrogens is 451 g/mol. The highest BCUT2D eigenvalue weighted by molar-refractivity contribution is 5.99. The summed E-state index contributed by atoms with van der Waals surface area (Å²) in [7, 11) is 1.82. The number of rotatable bonds is 7. The van der Waals surface area contributed by atoms with Crippen molar-refractivity contribution >= 4 is 17.4 Å². The van der Waals surface area contributed by atoms with Crippen molar-refractivity contribution in [1.29, 1.82) is 0 Å². The molecule has 0 saturated heterocycles. The first-order chi connectivity index (χ1) is 16.8. The van der Waals surface area contributed by atoms with Crippen molar-refractivity contribution in [3.63, 3.8) is 0 Å². The van der Waals surface area contributed by atoms with E-state index in [1.807, 2.05) is 20.2 Å². The van der Waals surface area contributed by atoms with E-state index in [-0.39, 0.29) is 23.8 Å². The maximum absolute atomic E-state index is 15.0. The Balaban J connectivity index is 1.46. The van der Waals surface area contributed by atoms with Crippen molar-refractivity contribution in [1.82, 2.24) is 19.7 Å². The summed E-state index contributed by atoms with van der Waals surface area (Å²) in [5, 5.41) is 18.6. The summed E-state index contributed by atoms with van der Waals surface area (Å²) in [5.74, 6) is 0.0664. The van der Waals surface area contributed by atoms with Gasteiger partial charge in [-0.2, -0.15) is 5.10 Å². The Bertz CT molecular complexity index is 1360. The zero-order valence-electron chi connectivity index (χ0n) is 19.5. The average molecular weight is 477 g/mol. The fourth-order valence-corrected chi connectivity index (χ4v) is 3.37. The van der Waals surface area contributed by atoms with Crippen LogP contribution in [0.1, 0.15) is 24.0 Å². The number of amides is 2. The molecule has 1 atom stereocenters. The zero-order valence-corrected chi connectivity index (χ0v) is 19.5. The van der Waals surface area contributed by atoms with Crippen molar-refractivity contribution in [2.24, 2.45) is 7.05 Å². The van der Waals surface area contributed by atoms with E-state index in [9.17, 15) is 9.90 Å². The molecule has 9 nitrogen and oxygen atoms in total. The first-order valence-corrected chi connectivity index (χ1v) is 10.9. The van der Waals surface area contributed by atoms with Crippen LogP contribution in [0.25, 0.3) is 11.3 Å². The minimum Gasteiger partial charge on any atom is -0.457 e. The van der Waals surface area contributed by atoms with Gasteiger partial charge in [-0.05, 0) is 36.8 Å². The Hall–Kier alpha value is -4.31. The molecule has 1 aromatic carbocycles. The van der Waals surface area contributed by atoms with Crippen molar-refractivity contribution in [2.45, 2.75) is 19.8 Å². The number of aryl methyl sites for hydroxylation is 1. The predicted octanol–water partition coefficient (Wildman–Crippen LogP) is 4.86. The van der Waals surface area contributed by atoms with Gasteiger partial charge in [0.1, 0.15) is 11.5 Å². The van der Waals surface area contributed by atoms with Crippen molar-refractivity contribution in [3.8, 4) is 22.8 Å². The summed E-state index contributed by atoms with van der Waals surface area (Å²) in [5.41, 5.74) is 2.96. The number of carbonyl (C=O) groups excluding carboxylic acids is 1. The molecule has 0 aliphatic heterocycles. The van der Waals surface area contributed by atoms with Crippen LogP contribution in [0.3, 0.4) is 0 Å². The van der Waals surface area contributed by atoms with Gasteiger partial charge >= 0.3 is 6.03 Å². The molecule has 35 heavy (non-hydrogen) atoms. The highest BCUT2D eigenvalue weighted by Gasteiger charge is 2.15. The maximum Gasteiger partial charge on any atom is 0.323 e. The van der Waals surface area contributed by atoms with Crippen molar-refractivity contribution in [3.05, 3.63) is 78.3 Å². The molecule has 4 rings (SSSR count). The number of hydrogen-bond acceptors (Lipinski definition) is 6. The van der Waals surface area contributed by atoms with Gasteiger partial charge < -0.3 is 20.5 Å². The number of pyridine rings is 2. The number of aliphatic hydroxyl groups excluding tert-OH is 1. The van der Waals surface area contributed by atoms with E-state index in [4.69, 9.17) is 4.74 Å². The smallest absolute Gasteiger partial charge is 0.323 e. The lowest BCUT2D eigenvalue weighted by Gasteiger charge is -2.14. The van der Waals surface area contributed by atoms with Gasteiger partial charge in [-0.3, -0.25) is 14.6 Å². The second-order valence-electron chi connectivity index (χ2n) is 8.10. The molecule has 0 aliphatic rings. The predicted molar refractivity (Wildman–Crippen MR) is 130 cm³/mol. The molecule has 4 aromatic rings. The number of hydrogen-bond donors (Lipinski definition) is 3. The topological polar surface area (TPSA) is 114 Å². The lowest BCUT2D eigenvalue weighted by Crippen LogP contribution is -2.20.